The van der Waals surface area contributed by atoms with Crippen molar-refractivity contribution in [2.45, 2.75) is 20.3 Å². The molecule has 0 N–H and O–H groups in total. The van der Waals surface area contributed by atoms with Crippen molar-refractivity contribution in [2.75, 3.05) is 0 Å². The van der Waals surface area contributed by atoms with E-state index in [2.05, 4.69) is 50.2 Å². The molecule has 0 aromatic heterocycles. The Morgan fingerprint density at radius 2 is 1.62 bits per heavy atom. The van der Waals surface area contributed by atoms with Gasteiger partial charge in [-0.1, -0.05) is 43.3 Å². The SMILES string of the molecule is CCc1cccc2c(C)cccc12. The van der Waals surface area contributed by atoms with Gasteiger partial charge in [-0.15, -0.1) is 0 Å². The molecule has 0 atom stereocenters. The monoisotopic (exact) mass is 170 g/mol. The highest BCUT2D eigenvalue weighted by Crippen LogP contribution is 2.21. The third kappa shape index (κ3) is 1.33. The molecule has 0 aliphatic carbocycles. The van der Waals surface area contributed by atoms with E-state index in [0.29, 0.717) is 0 Å². The fourth-order valence-electron chi connectivity index (χ4n) is 1.84. The first-order valence-electron chi connectivity index (χ1n) is 4.80. The minimum absolute atomic E-state index is 1.11. The molecule has 0 aliphatic heterocycles. The van der Waals surface area contributed by atoms with Crippen LogP contribution >= 0.6 is 0 Å². The number of fused-ring (bicyclic) bond motifs is 1. The molecule has 0 unspecified atom stereocenters. The molecule has 66 valence electrons. The van der Waals surface area contributed by atoms with Crippen molar-refractivity contribution < 1.29 is 0 Å². The molecule has 0 heterocycles. The van der Waals surface area contributed by atoms with Crippen molar-refractivity contribution in [1.82, 2.24) is 0 Å². The normalized spacial score (nSPS) is 10.6. The van der Waals surface area contributed by atoms with E-state index in [1.54, 1.807) is 0 Å². The highest BCUT2D eigenvalue weighted by molar-refractivity contribution is 5.88. The molecule has 2 aromatic carbocycles. The second-order valence-corrected chi connectivity index (χ2v) is 3.44. The molecule has 0 amide bonds. The van der Waals surface area contributed by atoms with Gasteiger partial charge in [0, 0.05) is 0 Å². The summed E-state index contributed by atoms with van der Waals surface area (Å²) in [6.45, 7) is 4.37. The number of aryl methyl sites for hydroxylation is 2. The number of hydrogen-bond donors (Lipinski definition) is 0. The lowest BCUT2D eigenvalue weighted by Gasteiger charge is -2.05. The van der Waals surface area contributed by atoms with Crippen molar-refractivity contribution >= 4 is 10.8 Å². The molecule has 0 nitrogen and oxygen atoms in total. The summed E-state index contributed by atoms with van der Waals surface area (Å²) < 4.78 is 0. The van der Waals surface area contributed by atoms with E-state index in [-0.39, 0.29) is 0 Å². The van der Waals surface area contributed by atoms with Gasteiger partial charge < -0.3 is 0 Å². The largest absolute Gasteiger partial charge is 0.0614 e. The van der Waals surface area contributed by atoms with Crippen LogP contribution in [0, 0.1) is 6.92 Å². The quantitative estimate of drug-likeness (QED) is 0.612. The zero-order valence-corrected chi connectivity index (χ0v) is 8.17. The van der Waals surface area contributed by atoms with E-state index < -0.39 is 0 Å². The molecule has 0 bridgehead atoms. The molecule has 0 heteroatoms. The van der Waals surface area contributed by atoms with Crippen LogP contribution in [0.3, 0.4) is 0 Å². The average molecular weight is 170 g/mol. The summed E-state index contributed by atoms with van der Waals surface area (Å²) in [5, 5.41) is 2.80. The van der Waals surface area contributed by atoms with Gasteiger partial charge in [-0.3, -0.25) is 0 Å². The molecular formula is C13H14. The van der Waals surface area contributed by atoms with E-state index in [9.17, 15) is 0 Å². The smallest absolute Gasteiger partial charge is 0.0149 e. The van der Waals surface area contributed by atoms with Crippen LogP contribution < -0.4 is 0 Å². The maximum atomic E-state index is 2.21. The van der Waals surface area contributed by atoms with Gasteiger partial charge in [0.2, 0.25) is 0 Å². The van der Waals surface area contributed by atoms with Crippen LogP contribution in [-0.2, 0) is 6.42 Å². The third-order valence-electron chi connectivity index (χ3n) is 2.61. The van der Waals surface area contributed by atoms with Crippen molar-refractivity contribution in [3.63, 3.8) is 0 Å². The molecule has 0 radical (unpaired) electrons. The minimum Gasteiger partial charge on any atom is -0.0614 e. The summed E-state index contributed by atoms with van der Waals surface area (Å²) in [4.78, 5) is 0. The summed E-state index contributed by atoms with van der Waals surface area (Å²) in [5.74, 6) is 0. The van der Waals surface area contributed by atoms with Crippen LogP contribution in [-0.4, -0.2) is 0 Å². The second kappa shape index (κ2) is 3.21. The van der Waals surface area contributed by atoms with Gasteiger partial charge in [-0.2, -0.15) is 0 Å². The van der Waals surface area contributed by atoms with Gasteiger partial charge in [-0.05, 0) is 35.2 Å². The van der Waals surface area contributed by atoms with Crippen molar-refractivity contribution in [3.8, 4) is 0 Å². The molecule has 0 aliphatic rings. The second-order valence-electron chi connectivity index (χ2n) is 3.44. The first-order valence-corrected chi connectivity index (χ1v) is 4.80. The Hall–Kier alpha value is -1.30. The molecule has 0 saturated heterocycles. The maximum Gasteiger partial charge on any atom is -0.0149 e. The van der Waals surface area contributed by atoms with Crippen molar-refractivity contribution in [1.29, 1.82) is 0 Å². The summed E-state index contributed by atoms with van der Waals surface area (Å²) >= 11 is 0. The lowest BCUT2D eigenvalue weighted by atomic mass is 10.00. The minimum atomic E-state index is 1.11. The van der Waals surface area contributed by atoms with Gasteiger partial charge in [0.1, 0.15) is 0 Å². The zero-order valence-electron chi connectivity index (χ0n) is 8.17. The van der Waals surface area contributed by atoms with E-state index in [1.807, 2.05) is 0 Å². The van der Waals surface area contributed by atoms with Gasteiger partial charge in [0.15, 0.2) is 0 Å². The lowest BCUT2D eigenvalue weighted by molar-refractivity contribution is 1.16. The first-order chi connectivity index (χ1) is 6.33. The van der Waals surface area contributed by atoms with Gasteiger partial charge in [0.05, 0.1) is 0 Å². The Balaban J connectivity index is 2.84. The van der Waals surface area contributed by atoms with E-state index in [1.165, 1.54) is 21.9 Å². The third-order valence-corrected chi connectivity index (χ3v) is 2.61. The molecule has 0 spiro atoms. The average Bonchev–Trinajstić information content (AvgIpc) is 2.18. The van der Waals surface area contributed by atoms with E-state index in [4.69, 9.17) is 0 Å². The standard InChI is InChI=1S/C13H14/c1-3-11-7-5-8-12-10(2)6-4-9-13(11)12/h4-9H,3H2,1-2H3. The van der Waals surface area contributed by atoms with Crippen LogP contribution in [0.15, 0.2) is 36.4 Å². The topological polar surface area (TPSA) is 0 Å². The summed E-state index contributed by atoms with van der Waals surface area (Å²) in [6, 6.07) is 13.1. The molecule has 0 fully saturated rings. The van der Waals surface area contributed by atoms with Gasteiger partial charge in [-0.25, -0.2) is 0 Å². The molecular weight excluding hydrogens is 156 g/mol. The summed E-state index contributed by atoms with van der Waals surface area (Å²) in [6.07, 6.45) is 1.11. The number of benzene rings is 2. The first kappa shape index (κ1) is 8.31. The summed E-state index contributed by atoms with van der Waals surface area (Å²) in [7, 11) is 0. The number of hydrogen-bond acceptors (Lipinski definition) is 0. The fourth-order valence-corrected chi connectivity index (χ4v) is 1.84. The summed E-state index contributed by atoms with van der Waals surface area (Å²) in [5.41, 5.74) is 2.81. The zero-order chi connectivity index (χ0) is 9.26. The maximum absolute atomic E-state index is 2.21. The van der Waals surface area contributed by atoms with Crippen LogP contribution in [0.4, 0.5) is 0 Å². The Bertz CT molecular complexity index is 427. The van der Waals surface area contributed by atoms with Crippen LogP contribution in [0.5, 0.6) is 0 Å². The molecule has 0 saturated carbocycles. The van der Waals surface area contributed by atoms with Crippen LogP contribution in [0.2, 0.25) is 0 Å². The van der Waals surface area contributed by atoms with E-state index in [0.717, 1.165) is 6.42 Å². The van der Waals surface area contributed by atoms with Crippen LogP contribution in [0.1, 0.15) is 18.1 Å². The molecule has 2 aromatic rings. The highest BCUT2D eigenvalue weighted by atomic mass is 14.0. The molecule has 13 heavy (non-hydrogen) atoms. The van der Waals surface area contributed by atoms with E-state index >= 15 is 0 Å². The lowest BCUT2D eigenvalue weighted by Crippen LogP contribution is -1.84. The molecule has 2 rings (SSSR count). The highest BCUT2D eigenvalue weighted by Gasteiger charge is 1.99. The number of rotatable bonds is 1. The van der Waals surface area contributed by atoms with Crippen LogP contribution in [0.25, 0.3) is 10.8 Å². The Morgan fingerprint density at radius 1 is 0.923 bits per heavy atom. The van der Waals surface area contributed by atoms with Gasteiger partial charge >= 0.3 is 0 Å². The fraction of sp³-hybridized carbons (Fsp3) is 0.231. The predicted octanol–water partition coefficient (Wildman–Crippen LogP) is 3.71. The Morgan fingerprint density at radius 3 is 2.38 bits per heavy atom. The van der Waals surface area contributed by atoms with Crippen molar-refractivity contribution in [3.05, 3.63) is 47.5 Å². The Labute approximate surface area is 79.2 Å². The van der Waals surface area contributed by atoms with Crippen molar-refractivity contribution in [2.24, 2.45) is 0 Å². The Kier molecular flexibility index (Phi) is 2.05. The van der Waals surface area contributed by atoms with Gasteiger partial charge in [0.25, 0.3) is 0 Å². The predicted molar refractivity (Wildman–Crippen MR) is 58.1 cm³/mol.